The Morgan fingerprint density at radius 2 is 1.76 bits per heavy atom. The average molecular weight is 255 g/mol. The second kappa shape index (κ2) is 6.05. The average Bonchev–Trinajstić information content (AvgIpc) is 2.20. The lowest BCUT2D eigenvalue weighted by Gasteiger charge is -2.21. The van der Waals surface area contributed by atoms with Crippen molar-refractivity contribution in [3.05, 3.63) is 11.2 Å². The fraction of sp³-hybridized carbons (Fsp3) is 0.667. The monoisotopic (exact) mass is 254 g/mol. The number of nitrogens with two attached hydrogens (primary N) is 1. The van der Waals surface area contributed by atoms with E-state index in [0.29, 0.717) is 11.2 Å². The summed E-state index contributed by atoms with van der Waals surface area (Å²) < 4.78 is 0. The van der Waals surface area contributed by atoms with Gasteiger partial charge in [-0.15, -0.1) is 0 Å². The molecule has 4 nitrogen and oxygen atoms in total. The normalized spacial score (nSPS) is 18.4. The van der Waals surface area contributed by atoms with Gasteiger partial charge in [-0.05, 0) is 12.8 Å². The first-order chi connectivity index (χ1) is 8.24. The number of hydrogen-bond donors (Lipinski definition) is 2. The maximum atomic E-state index is 5.86. The van der Waals surface area contributed by atoms with E-state index in [1.807, 2.05) is 0 Å². The molecule has 17 heavy (non-hydrogen) atoms. The van der Waals surface area contributed by atoms with Crippen molar-refractivity contribution in [2.75, 3.05) is 11.1 Å². The molecule has 3 N–H and O–H groups in total. The van der Waals surface area contributed by atoms with E-state index in [1.54, 1.807) is 6.07 Å². The summed E-state index contributed by atoms with van der Waals surface area (Å²) in [5, 5.41) is 3.81. The van der Waals surface area contributed by atoms with Crippen molar-refractivity contribution >= 4 is 23.4 Å². The van der Waals surface area contributed by atoms with Crippen LogP contribution >= 0.6 is 11.6 Å². The van der Waals surface area contributed by atoms with E-state index in [9.17, 15) is 0 Å². The maximum Gasteiger partial charge on any atom is 0.223 e. The highest BCUT2D eigenvalue weighted by Crippen LogP contribution is 2.21. The van der Waals surface area contributed by atoms with Crippen LogP contribution < -0.4 is 11.1 Å². The molecule has 1 aliphatic carbocycles. The van der Waals surface area contributed by atoms with Crippen LogP contribution in [0.5, 0.6) is 0 Å². The van der Waals surface area contributed by atoms with Gasteiger partial charge in [0.25, 0.3) is 0 Å². The van der Waals surface area contributed by atoms with Crippen molar-refractivity contribution in [2.45, 2.75) is 51.0 Å². The molecule has 0 spiro atoms. The van der Waals surface area contributed by atoms with Gasteiger partial charge in [0.1, 0.15) is 11.0 Å². The minimum atomic E-state index is 0.228. The van der Waals surface area contributed by atoms with Crippen LogP contribution in [0.3, 0.4) is 0 Å². The predicted molar refractivity (Wildman–Crippen MR) is 71.2 cm³/mol. The molecular formula is C12H19ClN4. The lowest BCUT2D eigenvalue weighted by molar-refractivity contribution is 0.471. The van der Waals surface area contributed by atoms with Crippen LogP contribution in [0.2, 0.25) is 5.15 Å². The highest BCUT2D eigenvalue weighted by molar-refractivity contribution is 6.29. The molecule has 1 aromatic rings. The largest absolute Gasteiger partial charge is 0.368 e. The van der Waals surface area contributed by atoms with Gasteiger partial charge in [0.2, 0.25) is 5.95 Å². The summed E-state index contributed by atoms with van der Waals surface area (Å²) in [7, 11) is 0. The van der Waals surface area contributed by atoms with E-state index in [0.717, 1.165) is 5.82 Å². The molecule has 94 valence electrons. The Morgan fingerprint density at radius 3 is 2.41 bits per heavy atom. The van der Waals surface area contributed by atoms with Crippen molar-refractivity contribution in [3.8, 4) is 0 Å². The van der Waals surface area contributed by atoms with E-state index < -0.39 is 0 Å². The topological polar surface area (TPSA) is 63.8 Å². The summed E-state index contributed by atoms with van der Waals surface area (Å²) in [5.41, 5.74) is 5.57. The molecule has 0 atom stereocenters. The second-order valence-corrected chi connectivity index (χ2v) is 5.01. The number of rotatable bonds is 2. The van der Waals surface area contributed by atoms with Crippen LogP contribution in [-0.2, 0) is 0 Å². The standard InChI is InChI=1S/C12H19ClN4/c13-10-8-11(17-12(14)16-10)15-9-6-4-2-1-3-5-7-9/h8-9H,1-7H2,(H3,14,15,16,17). The molecule has 1 aliphatic rings. The number of nitrogens with one attached hydrogen (secondary N) is 1. The summed E-state index contributed by atoms with van der Waals surface area (Å²) >= 11 is 5.86. The SMILES string of the molecule is Nc1nc(Cl)cc(NC2CCCCCCC2)n1. The van der Waals surface area contributed by atoms with Gasteiger partial charge in [0.05, 0.1) is 0 Å². The molecule has 5 heteroatoms. The molecule has 1 heterocycles. The molecule has 0 amide bonds. The second-order valence-electron chi connectivity index (χ2n) is 4.62. The van der Waals surface area contributed by atoms with Gasteiger partial charge in [-0.25, -0.2) is 4.98 Å². The number of nitrogen functional groups attached to an aromatic ring is 1. The van der Waals surface area contributed by atoms with Crippen molar-refractivity contribution in [3.63, 3.8) is 0 Å². The summed E-state index contributed by atoms with van der Waals surface area (Å²) in [6, 6.07) is 2.22. The van der Waals surface area contributed by atoms with Crippen molar-refractivity contribution in [1.82, 2.24) is 9.97 Å². The zero-order valence-corrected chi connectivity index (χ0v) is 10.7. The Balaban J connectivity index is 1.97. The van der Waals surface area contributed by atoms with Crippen molar-refractivity contribution in [1.29, 1.82) is 0 Å². The fourth-order valence-corrected chi connectivity index (χ4v) is 2.51. The van der Waals surface area contributed by atoms with Gasteiger partial charge in [-0.2, -0.15) is 4.98 Å². The lowest BCUT2D eigenvalue weighted by atomic mass is 9.97. The van der Waals surface area contributed by atoms with Gasteiger partial charge in [0, 0.05) is 12.1 Å². The first-order valence-electron chi connectivity index (χ1n) is 6.30. The molecule has 0 saturated heterocycles. The smallest absolute Gasteiger partial charge is 0.223 e. The highest BCUT2D eigenvalue weighted by atomic mass is 35.5. The number of halogens is 1. The molecule has 0 bridgehead atoms. The lowest BCUT2D eigenvalue weighted by Crippen LogP contribution is -2.21. The van der Waals surface area contributed by atoms with E-state index in [1.165, 1.54) is 44.9 Å². The van der Waals surface area contributed by atoms with Crippen molar-refractivity contribution in [2.24, 2.45) is 0 Å². The highest BCUT2D eigenvalue weighted by Gasteiger charge is 2.12. The van der Waals surface area contributed by atoms with Gasteiger partial charge >= 0.3 is 0 Å². The third-order valence-electron chi connectivity index (χ3n) is 3.17. The Kier molecular flexibility index (Phi) is 4.42. The first-order valence-corrected chi connectivity index (χ1v) is 6.68. The molecule has 0 unspecified atom stereocenters. The molecule has 2 rings (SSSR count). The number of aromatic nitrogens is 2. The first kappa shape index (κ1) is 12.4. The number of anilines is 2. The van der Waals surface area contributed by atoms with Gasteiger partial charge < -0.3 is 11.1 Å². The van der Waals surface area contributed by atoms with Crippen LogP contribution in [0.4, 0.5) is 11.8 Å². The van der Waals surface area contributed by atoms with Crippen LogP contribution in [0.25, 0.3) is 0 Å². The molecule has 1 aromatic heterocycles. The Hall–Kier alpha value is -1.03. The summed E-state index contributed by atoms with van der Waals surface area (Å²) in [6.45, 7) is 0. The van der Waals surface area contributed by atoms with E-state index in [-0.39, 0.29) is 5.95 Å². The van der Waals surface area contributed by atoms with Gasteiger partial charge in [-0.1, -0.05) is 43.7 Å². The number of nitrogens with zero attached hydrogens (tertiary/aromatic N) is 2. The third-order valence-corrected chi connectivity index (χ3v) is 3.36. The molecule has 1 saturated carbocycles. The molecule has 0 radical (unpaired) electrons. The predicted octanol–water partition coefficient (Wildman–Crippen LogP) is 3.24. The maximum absolute atomic E-state index is 5.86. The summed E-state index contributed by atoms with van der Waals surface area (Å²) in [4.78, 5) is 8.01. The Labute approximate surface area is 107 Å². The minimum Gasteiger partial charge on any atom is -0.368 e. The Morgan fingerprint density at radius 1 is 1.12 bits per heavy atom. The number of hydrogen-bond acceptors (Lipinski definition) is 4. The van der Waals surface area contributed by atoms with Crippen LogP contribution in [0.15, 0.2) is 6.07 Å². The quantitative estimate of drug-likeness (QED) is 0.796. The fourth-order valence-electron chi connectivity index (χ4n) is 2.32. The van der Waals surface area contributed by atoms with Gasteiger partial charge in [-0.3, -0.25) is 0 Å². The summed E-state index contributed by atoms with van der Waals surface area (Å²) in [6.07, 6.45) is 9.01. The Bertz CT molecular complexity index is 341. The van der Waals surface area contributed by atoms with Gasteiger partial charge in [0.15, 0.2) is 0 Å². The van der Waals surface area contributed by atoms with E-state index in [4.69, 9.17) is 17.3 Å². The zero-order chi connectivity index (χ0) is 12.1. The molecule has 0 aromatic carbocycles. The molecule has 1 fully saturated rings. The minimum absolute atomic E-state index is 0.228. The molecule has 0 aliphatic heterocycles. The van der Waals surface area contributed by atoms with E-state index >= 15 is 0 Å². The third kappa shape index (κ3) is 4.04. The molecular weight excluding hydrogens is 236 g/mol. The van der Waals surface area contributed by atoms with Crippen molar-refractivity contribution < 1.29 is 0 Å². The van der Waals surface area contributed by atoms with E-state index in [2.05, 4.69) is 15.3 Å². The zero-order valence-electron chi connectivity index (χ0n) is 9.95. The summed E-state index contributed by atoms with van der Waals surface area (Å²) in [5.74, 6) is 0.971. The van der Waals surface area contributed by atoms with Crippen LogP contribution in [0.1, 0.15) is 44.9 Å². The van der Waals surface area contributed by atoms with Crippen LogP contribution in [-0.4, -0.2) is 16.0 Å². The van der Waals surface area contributed by atoms with Crippen LogP contribution in [0, 0.1) is 0 Å².